The summed E-state index contributed by atoms with van der Waals surface area (Å²) in [5.74, 6) is -1.61. The first-order chi connectivity index (χ1) is 7.94. The molecule has 0 aromatic heterocycles. The summed E-state index contributed by atoms with van der Waals surface area (Å²) in [5.41, 5.74) is -0.00509. The summed E-state index contributed by atoms with van der Waals surface area (Å²) in [5, 5.41) is 0. The predicted octanol–water partition coefficient (Wildman–Crippen LogP) is 0.690. The maximum absolute atomic E-state index is 12.0. The highest BCUT2D eigenvalue weighted by Crippen LogP contribution is 2.25. The van der Waals surface area contributed by atoms with E-state index in [1.165, 1.54) is 24.3 Å². The van der Waals surface area contributed by atoms with Crippen LogP contribution in [0.4, 0.5) is 0 Å². The number of hydrogen-bond donors (Lipinski definition) is 0. The molecule has 1 fully saturated rings. The molecule has 1 aliphatic heterocycles. The molecule has 1 heterocycles. The molecule has 0 radical (unpaired) electrons. The highest BCUT2D eigenvalue weighted by atomic mass is 32.2. The van der Waals surface area contributed by atoms with Crippen molar-refractivity contribution >= 4 is 21.8 Å². The SMILES string of the molecule is C=C1CC(=O)N(S(=O)(=O)c2ccccc2)C1=O. The van der Waals surface area contributed by atoms with Gasteiger partial charge in [-0.05, 0) is 12.1 Å². The van der Waals surface area contributed by atoms with E-state index in [2.05, 4.69) is 6.58 Å². The van der Waals surface area contributed by atoms with Gasteiger partial charge in [-0.25, -0.2) is 8.42 Å². The fourth-order valence-corrected chi connectivity index (χ4v) is 2.92. The van der Waals surface area contributed by atoms with Gasteiger partial charge >= 0.3 is 0 Å². The average Bonchev–Trinajstić information content (AvgIpc) is 2.54. The Morgan fingerprint density at radius 3 is 2.18 bits per heavy atom. The number of carbonyl (C=O) groups is 2. The van der Waals surface area contributed by atoms with Crippen molar-refractivity contribution in [3.63, 3.8) is 0 Å². The van der Waals surface area contributed by atoms with Crippen molar-refractivity contribution in [3.05, 3.63) is 42.5 Å². The van der Waals surface area contributed by atoms with Gasteiger partial charge in [0.25, 0.3) is 15.9 Å². The molecule has 0 saturated carbocycles. The van der Waals surface area contributed by atoms with Crippen molar-refractivity contribution in [1.82, 2.24) is 4.31 Å². The molecule has 1 aliphatic rings. The van der Waals surface area contributed by atoms with Crippen LogP contribution in [-0.4, -0.2) is 24.5 Å². The summed E-state index contributed by atoms with van der Waals surface area (Å²) in [7, 11) is -4.10. The molecule has 0 spiro atoms. The molecule has 2 rings (SSSR count). The molecule has 0 aliphatic carbocycles. The van der Waals surface area contributed by atoms with Gasteiger partial charge in [-0.3, -0.25) is 9.59 Å². The fraction of sp³-hybridized carbons (Fsp3) is 0.0909. The lowest BCUT2D eigenvalue weighted by atomic mass is 10.3. The minimum absolute atomic E-state index is 0.00509. The van der Waals surface area contributed by atoms with Gasteiger partial charge in [0.2, 0.25) is 5.91 Å². The number of amides is 2. The molecule has 1 saturated heterocycles. The predicted molar refractivity (Wildman–Crippen MR) is 59.2 cm³/mol. The zero-order valence-corrected chi connectivity index (χ0v) is 9.61. The van der Waals surface area contributed by atoms with E-state index in [9.17, 15) is 18.0 Å². The Labute approximate surface area is 98.4 Å². The Bertz CT molecular complexity index is 604. The lowest BCUT2D eigenvalue weighted by molar-refractivity contribution is -0.131. The van der Waals surface area contributed by atoms with E-state index < -0.39 is 21.8 Å². The van der Waals surface area contributed by atoms with Gasteiger partial charge in [0, 0.05) is 5.57 Å². The van der Waals surface area contributed by atoms with E-state index in [0.29, 0.717) is 0 Å². The first-order valence-corrected chi connectivity index (χ1v) is 6.24. The van der Waals surface area contributed by atoms with Gasteiger partial charge in [0.1, 0.15) is 0 Å². The normalized spacial score (nSPS) is 16.7. The number of benzene rings is 1. The summed E-state index contributed by atoms with van der Waals surface area (Å²) in [6.45, 7) is 3.37. The standard InChI is InChI=1S/C11H9NO4S/c1-8-7-10(13)12(11(8)14)17(15,16)9-5-3-2-4-6-9/h2-6H,1,7H2. The van der Waals surface area contributed by atoms with Gasteiger partial charge < -0.3 is 0 Å². The third-order valence-electron chi connectivity index (χ3n) is 2.36. The van der Waals surface area contributed by atoms with E-state index >= 15 is 0 Å². The monoisotopic (exact) mass is 251 g/mol. The van der Waals surface area contributed by atoms with E-state index in [-0.39, 0.29) is 21.2 Å². The van der Waals surface area contributed by atoms with Crippen LogP contribution in [0.2, 0.25) is 0 Å². The number of hydrogen-bond acceptors (Lipinski definition) is 4. The van der Waals surface area contributed by atoms with Crippen LogP contribution < -0.4 is 0 Å². The molecule has 1 aromatic rings. The highest BCUT2D eigenvalue weighted by Gasteiger charge is 2.41. The molecule has 0 bridgehead atoms. The van der Waals surface area contributed by atoms with Crippen molar-refractivity contribution in [1.29, 1.82) is 0 Å². The molecule has 0 atom stereocenters. The van der Waals surface area contributed by atoms with Crippen LogP contribution in [0.3, 0.4) is 0 Å². The van der Waals surface area contributed by atoms with Crippen LogP contribution >= 0.6 is 0 Å². The quantitative estimate of drug-likeness (QED) is 0.572. The number of imide groups is 1. The van der Waals surface area contributed by atoms with Crippen LogP contribution in [0.25, 0.3) is 0 Å². The molecule has 88 valence electrons. The van der Waals surface area contributed by atoms with Crippen molar-refractivity contribution in [2.75, 3.05) is 0 Å². The molecule has 0 unspecified atom stereocenters. The van der Waals surface area contributed by atoms with Gasteiger partial charge in [-0.15, -0.1) is 0 Å². The summed E-state index contributed by atoms with van der Waals surface area (Å²) >= 11 is 0. The summed E-state index contributed by atoms with van der Waals surface area (Å²) < 4.78 is 24.4. The van der Waals surface area contributed by atoms with Crippen molar-refractivity contribution < 1.29 is 18.0 Å². The largest absolute Gasteiger partial charge is 0.273 e. The molecule has 17 heavy (non-hydrogen) atoms. The minimum Gasteiger partial charge on any atom is -0.273 e. The smallest absolute Gasteiger partial charge is 0.273 e. The van der Waals surface area contributed by atoms with Gasteiger partial charge in [0.05, 0.1) is 11.3 Å². The molecule has 5 nitrogen and oxygen atoms in total. The highest BCUT2D eigenvalue weighted by molar-refractivity contribution is 7.90. The van der Waals surface area contributed by atoms with Crippen LogP contribution in [0.15, 0.2) is 47.4 Å². The molecule has 0 N–H and O–H groups in total. The number of carbonyl (C=O) groups excluding carboxylic acids is 2. The Morgan fingerprint density at radius 1 is 1.12 bits per heavy atom. The first-order valence-electron chi connectivity index (χ1n) is 4.80. The minimum atomic E-state index is -4.10. The fourth-order valence-electron chi connectivity index (χ4n) is 1.53. The summed E-state index contributed by atoms with van der Waals surface area (Å²) in [6.07, 6.45) is -0.245. The maximum Gasteiger partial charge on any atom is 0.273 e. The lowest BCUT2D eigenvalue weighted by Gasteiger charge is -2.13. The Morgan fingerprint density at radius 2 is 1.71 bits per heavy atom. The summed E-state index contributed by atoms with van der Waals surface area (Å²) in [4.78, 5) is 23.0. The maximum atomic E-state index is 12.0. The second-order valence-electron chi connectivity index (χ2n) is 3.56. The molecular weight excluding hydrogens is 242 g/mol. The second-order valence-corrected chi connectivity index (χ2v) is 5.35. The van der Waals surface area contributed by atoms with Gasteiger partial charge in [-0.2, -0.15) is 4.31 Å². The van der Waals surface area contributed by atoms with E-state index in [4.69, 9.17) is 0 Å². The molecular formula is C11H9NO4S. The van der Waals surface area contributed by atoms with Crippen molar-refractivity contribution in [2.24, 2.45) is 0 Å². The van der Waals surface area contributed by atoms with Crippen LogP contribution in [0.1, 0.15) is 6.42 Å². The zero-order chi connectivity index (χ0) is 12.6. The summed E-state index contributed by atoms with van der Waals surface area (Å²) in [6, 6.07) is 7.35. The zero-order valence-electron chi connectivity index (χ0n) is 8.79. The number of nitrogens with zero attached hydrogens (tertiary/aromatic N) is 1. The van der Waals surface area contributed by atoms with E-state index in [1.54, 1.807) is 6.07 Å². The number of rotatable bonds is 2. The molecule has 2 amide bonds. The van der Waals surface area contributed by atoms with E-state index in [1.807, 2.05) is 0 Å². The molecule has 1 aromatic carbocycles. The van der Waals surface area contributed by atoms with Gasteiger partial charge in [-0.1, -0.05) is 24.8 Å². The Balaban J connectivity index is 2.51. The average molecular weight is 251 g/mol. The second kappa shape index (κ2) is 3.81. The Kier molecular flexibility index (Phi) is 2.59. The lowest BCUT2D eigenvalue weighted by Crippen LogP contribution is -2.35. The third-order valence-corrected chi connectivity index (χ3v) is 4.08. The molecule has 6 heteroatoms. The Hall–Kier alpha value is -1.95. The van der Waals surface area contributed by atoms with Gasteiger partial charge in [0.15, 0.2) is 0 Å². The van der Waals surface area contributed by atoms with Crippen LogP contribution in [-0.2, 0) is 19.6 Å². The van der Waals surface area contributed by atoms with E-state index in [0.717, 1.165) is 0 Å². The van der Waals surface area contributed by atoms with Crippen molar-refractivity contribution in [2.45, 2.75) is 11.3 Å². The first kappa shape index (κ1) is 11.5. The van der Waals surface area contributed by atoms with Crippen LogP contribution in [0.5, 0.6) is 0 Å². The third kappa shape index (κ3) is 1.76. The van der Waals surface area contributed by atoms with Crippen molar-refractivity contribution in [3.8, 4) is 0 Å². The number of sulfonamides is 1. The van der Waals surface area contributed by atoms with Crippen LogP contribution in [0, 0.1) is 0 Å². The topological polar surface area (TPSA) is 71.5 Å².